The molecule has 0 aromatic heterocycles. The van der Waals surface area contributed by atoms with Crippen LogP contribution < -0.4 is 20.7 Å². The summed E-state index contributed by atoms with van der Waals surface area (Å²) in [6.07, 6.45) is -0.511. The summed E-state index contributed by atoms with van der Waals surface area (Å²) in [6.45, 7) is 12.0. The van der Waals surface area contributed by atoms with Crippen LogP contribution >= 0.6 is 0 Å². The number of ether oxygens (including phenoxy) is 2. The predicted molar refractivity (Wildman–Crippen MR) is 96.9 cm³/mol. The van der Waals surface area contributed by atoms with Crippen molar-refractivity contribution in [1.82, 2.24) is 16.0 Å². The van der Waals surface area contributed by atoms with E-state index < -0.39 is 11.7 Å². The minimum atomic E-state index is -0.543. The molecular weight excluding hydrogens is 322 g/mol. The molecule has 7 nitrogen and oxygen atoms in total. The lowest BCUT2D eigenvalue weighted by Crippen LogP contribution is -2.42. The Morgan fingerprint density at radius 1 is 0.960 bits per heavy atom. The summed E-state index contributed by atoms with van der Waals surface area (Å²) in [5.74, 6) is 0.784. The Kier molecular flexibility index (Phi) is 7.54. The van der Waals surface area contributed by atoms with Crippen molar-refractivity contribution in [2.45, 2.75) is 47.1 Å². The summed E-state index contributed by atoms with van der Waals surface area (Å²) in [7, 11) is 0. The predicted octanol–water partition coefficient (Wildman–Crippen LogP) is 2.77. The van der Waals surface area contributed by atoms with Gasteiger partial charge in [-0.05, 0) is 58.2 Å². The van der Waals surface area contributed by atoms with E-state index in [1.807, 2.05) is 32.9 Å². The fourth-order valence-electron chi connectivity index (χ4n) is 2.04. The molecule has 7 heteroatoms. The number of benzene rings is 1. The van der Waals surface area contributed by atoms with E-state index in [9.17, 15) is 9.59 Å². The van der Waals surface area contributed by atoms with Gasteiger partial charge in [-0.3, -0.25) is 0 Å². The quantitative estimate of drug-likeness (QED) is 0.543. The van der Waals surface area contributed by atoms with E-state index in [1.165, 1.54) is 0 Å². The van der Waals surface area contributed by atoms with Crippen molar-refractivity contribution in [2.75, 3.05) is 19.8 Å². The van der Waals surface area contributed by atoms with E-state index in [1.54, 1.807) is 20.8 Å². The molecule has 0 aliphatic rings. The molecule has 0 radical (unpaired) electrons. The molecule has 1 aromatic rings. The number of carbonyl (C=O) groups excluding carboxylic acids is 2. The van der Waals surface area contributed by atoms with Gasteiger partial charge < -0.3 is 25.4 Å². The summed E-state index contributed by atoms with van der Waals surface area (Å²) in [5, 5.41) is 7.81. The van der Waals surface area contributed by atoms with Gasteiger partial charge in [-0.15, -0.1) is 0 Å². The smallest absolute Gasteiger partial charge is 0.407 e. The molecule has 3 N–H and O–H groups in total. The van der Waals surface area contributed by atoms with Gasteiger partial charge in [0.1, 0.15) is 11.4 Å². The van der Waals surface area contributed by atoms with E-state index in [4.69, 9.17) is 9.47 Å². The van der Waals surface area contributed by atoms with E-state index >= 15 is 0 Å². The standard InChI is InChI=1S/C18H29N3O4/c1-12-7-8-13(2)15(14(12)3)24-11-21-16(22)19-9-10-20-17(23)25-18(4,5)6/h7-8H,9-11H2,1-6H3,(H,20,23)(H2,19,21,22). The number of aryl methyl sites for hydroxylation is 2. The molecule has 0 spiro atoms. The van der Waals surface area contributed by atoms with Crippen LogP contribution in [0.4, 0.5) is 9.59 Å². The molecule has 140 valence electrons. The first kappa shape index (κ1) is 20.6. The zero-order valence-electron chi connectivity index (χ0n) is 15.9. The van der Waals surface area contributed by atoms with E-state index in [0.717, 1.165) is 22.4 Å². The first-order chi connectivity index (χ1) is 11.6. The highest BCUT2D eigenvalue weighted by Gasteiger charge is 2.15. The highest BCUT2D eigenvalue weighted by atomic mass is 16.6. The number of amides is 3. The monoisotopic (exact) mass is 351 g/mol. The van der Waals surface area contributed by atoms with Gasteiger partial charge in [0.2, 0.25) is 0 Å². The number of rotatable bonds is 6. The third-order valence-corrected chi connectivity index (χ3v) is 3.40. The molecule has 0 unspecified atom stereocenters. The summed E-state index contributed by atoms with van der Waals surface area (Å²) >= 11 is 0. The van der Waals surface area contributed by atoms with Crippen LogP contribution in [0.5, 0.6) is 5.75 Å². The molecule has 1 aromatic carbocycles. The maximum Gasteiger partial charge on any atom is 0.407 e. The van der Waals surface area contributed by atoms with Crippen molar-refractivity contribution in [1.29, 1.82) is 0 Å². The lowest BCUT2D eigenvalue weighted by Gasteiger charge is -2.19. The van der Waals surface area contributed by atoms with Gasteiger partial charge in [0.15, 0.2) is 6.73 Å². The van der Waals surface area contributed by atoms with E-state index in [-0.39, 0.29) is 25.9 Å². The summed E-state index contributed by atoms with van der Waals surface area (Å²) < 4.78 is 10.7. The zero-order valence-corrected chi connectivity index (χ0v) is 15.9. The molecular formula is C18H29N3O4. The number of hydrogen-bond donors (Lipinski definition) is 3. The number of carbonyl (C=O) groups is 2. The Bertz CT molecular complexity index is 609. The Hall–Kier alpha value is -2.44. The second-order valence-electron chi connectivity index (χ2n) is 6.80. The van der Waals surface area contributed by atoms with Gasteiger partial charge in [-0.1, -0.05) is 12.1 Å². The second-order valence-corrected chi connectivity index (χ2v) is 6.80. The van der Waals surface area contributed by atoms with Crippen LogP contribution in [-0.2, 0) is 4.74 Å². The van der Waals surface area contributed by atoms with Crippen LogP contribution in [0, 0.1) is 20.8 Å². The Balaban J connectivity index is 2.24. The van der Waals surface area contributed by atoms with E-state index in [0.29, 0.717) is 0 Å². The molecule has 0 aliphatic carbocycles. The van der Waals surface area contributed by atoms with E-state index in [2.05, 4.69) is 16.0 Å². The van der Waals surface area contributed by atoms with Gasteiger partial charge in [0.05, 0.1) is 0 Å². The van der Waals surface area contributed by atoms with Crippen molar-refractivity contribution < 1.29 is 19.1 Å². The molecule has 1 rings (SSSR count). The van der Waals surface area contributed by atoms with Gasteiger partial charge in [0.25, 0.3) is 0 Å². The molecule has 0 saturated heterocycles. The third-order valence-electron chi connectivity index (χ3n) is 3.40. The van der Waals surface area contributed by atoms with Crippen molar-refractivity contribution in [2.24, 2.45) is 0 Å². The molecule has 0 fully saturated rings. The van der Waals surface area contributed by atoms with Crippen LogP contribution in [0.25, 0.3) is 0 Å². The van der Waals surface area contributed by atoms with Crippen LogP contribution in [0.15, 0.2) is 12.1 Å². The van der Waals surface area contributed by atoms with Crippen LogP contribution in [-0.4, -0.2) is 37.5 Å². The molecule has 0 heterocycles. The number of alkyl carbamates (subject to hydrolysis) is 1. The lowest BCUT2D eigenvalue weighted by molar-refractivity contribution is 0.0528. The fraction of sp³-hybridized carbons (Fsp3) is 0.556. The zero-order chi connectivity index (χ0) is 19.0. The largest absolute Gasteiger partial charge is 0.473 e. The minimum absolute atomic E-state index is 0.0659. The average molecular weight is 351 g/mol. The van der Waals surface area contributed by atoms with Gasteiger partial charge in [-0.25, -0.2) is 9.59 Å². The molecule has 0 saturated carbocycles. The maximum atomic E-state index is 11.7. The number of nitrogens with one attached hydrogen (secondary N) is 3. The summed E-state index contributed by atoms with van der Waals surface area (Å²) in [4.78, 5) is 23.1. The molecule has 0 bridgehead atoms. The minimum Gasteiger partial charge on any atom is -0.473 e. The van der Waals surface area contributed by atoms with Crippen molar-refractivity contribution in [3.63, 3.8) is 0 Å². The topological polar surface area (TPSA) is 88.7 Å². The maximum absolute atomic E-state index is 11.7. The first-order valence-corrected chi connectivity index (χ1v) is 8.28. The highest BCUT2D eigenvalue weighted by Crippen LogP contribution is 2.25. The van der Waals surface area contributed by atoms with Gasteiger partial charge >= 0.3 is 12.1 Å². The first-order valence-electron chi connectivity index (χ1n) is 8.28. The normalized spacial score (nSPS) is 10.8. The second kappa shape index (κ2) is 9.15. The summed E-state index contributed by atoms with van der Waals surface area (Å²) in [5.41, 5.74) is 2.67. The third kappa shape index (κ3) is 7.78. The number of hydrogen-bond acceptors (Lipinski definition) is 4. The average Bonchev–Trinajstić information content (AvgIpc) is 2.49. The molecule has 3 amide bonds. The van der Waals surface area contributed by atoms with Crippen molar-refractivity contribution >= 4 is 12.1 Å². The Morgan fingerprint density at radius 3 is 2.20 bits per heavy atom. The van der Waals surface area contributed by atoms with Gasteiger partial charge in [-0.2, -0.15) is 0 Å². The van der Waals surface area contributed by atoms with Crippen molar-refractivity contribution in [3.05, 3.63) is 28.8 Å². The fourth-order valence-corrected chi connectivity index (χ4v) is 2.04. The van der Waals surface area contributed by atoms with Gasteiger partial charge in [0, 0.05) is 13.1 Å². The summed E-state index contributed by atoms with van der Waals surface area (Å²) in [6, 6.07) is 3.66. The Morgan fingerprint density at radius 2 is 1.56 bits per heavy atom. The molecule has 25 heavy (non-hydrogen) atoms. The van der Waals surface area contributed by atoms with Crippen LogP contribution in [0.3, 0.4) is 0 Å². The Labute approximate surface area is 149 Å². The van der Waals surface area contributed by atoms with Crippen LogP contribution in [0.1, 0.15) is 37.5 Å². The number of urea groups is 1. The van der Waals surface area contributed by atoms with Crippen molar-refractivity contribution in [3.8, 4) is 5.75 Å². The van der Waals surface area contributed by atoms with Crippen LogP contribution in [0.2, 0.25) is 0 Å². The lowest BCUT2D eigenvalue weighted by atomic mass is 10.1. The highest BCUT2D eigenvalue weighted by molar-refractivity contribution is 5.73. The molecule has 0 atom stereocenters. The molecule has 0 aliphatic heterocycles. The SMILES string of the molecule is Cc1ccc(C)c(OCNC(=O)NCCNC(=O)OC(C)(C)C)c1C.